The summed E-state index contributed by atoms with van der Waals surface area (Å²) < 4.78 is 31.5. The predicted octanol–water partition coefficient (Wildman–Crippen LogP) is 6.91. The second-order valence-corrected chi connectivity index (χ2v) is 7.99. The molecule has 0 saturated heterocycles. The van der Waals surface area contributed by atoms with Crippen molar-refractivity contribution in [1.29, 1.82) is 0 Å². The van der Waals surface area contributed by atoms with E-state index in [9.17, 15) is 19.1 Å². The minimum atomic E-state index is -0.748. The average Bonchev–Trinajstić information content (AvgIpc) is 2.90. The van der Waals surface area contributed by atoms with Gasteiger partial charge >= 0.3 is 0 Å². The minimum Gasteiger partial charge on any atom is -0.494 e. The van der Waals surface area contributed by atoms with Crippen molar-refractivity contribution in [2.75, 3.05) is 20.8 Å². The van der Waals surface area contributed by atoms with Gasteiger partial charge in [0.15, 0.2) is 23.0 Å². The van der Waals surface area contributed by atoms with Gasteiger partial charge < -0.3 is 14.2 Å². The van der Waals surface area contributed by atoms with Crippen LogP contribution in [0.2, 0.25) is 0 Å². The maximum absolute atomic E-state index is 14.6. The van der Waals surface area contributed by atoms with Crippen LogP contribution in [0.25, 0.3) is 0 Å². The van der Waals surface area contributed by atoms with E-state index in [4.69, 9.17) is 14.2 Å². The third-order valence-corrected chi connectivity index (χ3v) is 6.31. The van der Waals surface area contributed by atoms with Gasteiger partial charge in [0.05, 0.1) is 20.8 Å². The Morgan fingerprint density at radius 1 is 0.914 bits per heavy atom. The van der Waals surface area contributed by atoms with E-state index in [1.54, 1.807) is 30.3 Å². The first-order chi connectivity index (χ1) is 17.0. The Labute approximate surface area is 200 Å². The van der Waals surface area contributed by atoms with Crippen molar-refractivity contribution in [2.45, 2.75) is 25.2 Å². The topological polar surface area (TPSA) is 116 Å². The lowest BCUT2D eigenvalue weighted by atomic mass is 9.75. The van der Waals surface area contributed by atoms with E-state index in [0.717, 1.165) is 5.56 Å². The van der Waals surface area contributed by atoms with E-state index in [0.29, 0.717) is 28.9 Å². The summed E-state index contributed by atoms with van der Waals surface area (Å²) in [5.74, 6) is -0.596. The average molecular weight is 479 g/mol. The van der Waals surface area contributed by atoms with Gasteiger partial charge in [-0.3, -0.25) is 0 Å². The Hall–Kier alpha value is -4.21. The monoisotopic (exact) mass is 479 g/mol. The molecule has 0 bridgehead atoms. The Morgan fingerprint density at radius 3 is 2.11 bits per heavy atom. The first kappa shape index (κ1) is 23.9. The van der Waals surface area contributed by atoms with Crippen LogP contribution in [0.4, 0.5) is 21.5 Å². The molecule has 0 spiro atoms. The Balaban J connectivity index is 1.96. The number of benzene rings is 3. The van der Waals surface area contributed by atoms with E-state index in [1.807, 2.05) is 6.92 Å². The van der Waals surface area contributed by atoms with Gasteiger partial charge in [-0.15, -0.1) is 14.7 Å². The second kappa shape index (κ2) is 9.96. The molecule has 0 radical (unpaired) electrons. The number of methoxy groups -OCH3 is 2. The molecule has 10 heteroatoms. The lowest BCUT2D eigenvalue weighted by Crippen LogP contribution is -2.26. The zero-order valence-corrected chi connectivity index (χ0v) is 19.3. The SMILES string of the molecule is CCc1c(N=O)ccc2c1OCC(c1cc(OC)c(N=O)c(OC)c1)C2c1ccc(N=O)c(F)c1. The van der Waals surface area contributed by atoms with Crippen LogP contribution in [-0.4, -0.2) is 20.8 Å². The summed E-state index contributed by atoms with van der Waals surface area (Å²) in [6, 6.07) is 10.9. The van der Waals surface area contributed by atoms with Crippen LogP contribution in [-0.2, 0) is 6.42 Å². The van der Waals surface area contributed by atoms with Gasteiger partial charge in [-0.1, -0.05) is 19.1 Å². The number of ether oxygens (including phenoxy) is 3. The molecule has 0 fully saturated rings. The molecule has 0 amide bonds. The first-order valence-electron chi connectivity index (χ1n) is 10.8. The fourth-order valence-electron chi connectivity index (χ4n) is 4.67. The lowest BCUT2D eigenvalue weighted by molar-refractivity contribution is 0.246. The zero-order valence-electron chi connectivity index (χ0n) is 19.3. The molecule has 0 aromatic heterocycles. The third kappa shape index (κ3) is 4.11. The van der Waals surface area contributed by atoms with Gasteiger partial charge in [-0.25, -0.2) is 4.39 Å². The van der Waals surface area contributed by atoms with E-state index in [-0.39, 0.29) is 41.1 Å². The molecule has 0 saturated carbocycles. The van der Waals surface area contributed by atoms with Crippen molar-refractivity contribution >= 4 is 17.1 Å². The van der Waals surface area contributed by atoms with Gasteiger partial charge in [-0.2, -0.15) is 0 Å². The van der Waals surface area contributed by atoms with Crippen LogP contribution >= 0.6 is 0 Å². The summed E-state index contributed by atoms with van der Waals surface area (Å²) in [5.41, 5.74) is 2.67. The van der Waals surface area contributed by atoms with Gasteiger partial charge in [0.1, 0.15) is 17.1 Å². The standard InChI is InChI=1S/C25H22FN3O6/c1-4-15-19(27-30)8-6-16-23(13-5-7-20(28-31)18(26)9-13)17(12-35-25(15)16)14-10-21(33-2)24(29-32)22(11-14)34-3/h5-11,17,23H,4,12H2,1-3H3. The minimum absolute atomic E-state index is 0.0230. The number of nitrogens with zero attached hydrogens (tertiary/aromatic N) is 3. The highest BCUT2D eigenvalue weighted by molar-refractivity contribution is 5.66. The first-order valence-corrected chi connectivity index (χ1v) is 10.8. The Kier molecular flexibility index (Phi) is 6.81. The predicted molar refractivity (Wildman–Crippen MR) is 128 cm³/mol. The van der Waals surface area contributed by atoms with E-state index >= 15 is 0 Å². The molecule has 0 N–H and O–H groups in total. The van der Waals surface area contributed by atoms with Crippen LogP contribution in [0.5, 0.6) is 17.2 Å². The summed E-state index contributed by atoms with van der Waals surface area (Å²) in [5, 5.41) is 8.86. The lowest BCUT2D eigenvalue weighted by Gasteiger charge is -2.36. The van der Waals surface area contributed by atoms with Gasteiger partial charge in [0.25, 0.3) is 0 Å². The van der Waals surface area contributed by atoms with Crippen molar-refractivity contribution in [1.82, 2.24) is 0 Å². The summed E-state index contributed by atoms with van der Waals surface area (Å²) in [6.45, 7) is 2.06. The zero-order chi connectivity index (χ0) is 25.1. The Morgan fingerprint density at radius 2 is 1.57 bits per heavy atom. The number of rotatable bonds is 8. The molecule has 3 aromatic carbocycles. The maximum atomic E-state index is 14.6. The van der Waals surface area contributed by atoms with Crippen molar-refractivity contribution in [2.24, 2.45) is 15.5 Å². The molecule has 2 atom stereocenters. The fraction of sp³-hybridized carbons (Fsp3) is 0.280. The van der Waals surface area contributed by atoms with Crippen molar-refractivity contribution in [3.8, 4) is 17.2 Å². The number of nitroso groups, excluding NO2 is 3. The molecule has 4 rings (SSSR count). The molecule has 1 aliphatic rings. The highest BCUT2D eigenvalue weighted by Gasteiger charge is 2.36. The second-order valence-electron chi connectivity index (χ2n) is 7.99. The maximum Gasteiger partial charge on any atom is 0.191 e. The summed E-state index contributed by atoms with van der Waals surface area (Å²) in [6.07, 6.45) is 0.505. The Bertz CT molecular complexity index is 1290. The quantitative estimate of drug-likeness (QED) is 0.324. The molecular weight excluding hydrogens is 457 g/mol. The fourth-order valence-corrected chi connectivity index (χ4v) is 4.67. The van der Waals surface area contributed by atoms with Crippen LogP contribution in [0.3, 0.4) is 0 Å². The summed E-state index contributed by atoms with van der Waals surface area (Å²) in [4.78, 5) is 33.7. The smallest absolute Gasteiger partial charge is 0.191 e. The van der Waals surface area contributed by atoms with Crippen molar-refractivity contribution in [3.05, 3.63) is 85.3 Å². The number of fused-ring (bicyclic) bond motifs is 1. The molecule has 2 unspecified atom stereocenters. The number of halogens is 1. The van der Waals surface area contributed by atoms with Crippen LogP contribution in [0.1, 0.15) is 41.0 Å². The molecule has 1 aliphatic heterocycles. The number of hydrogen-bond acceptors (Lipinski definition) is 9. The van der Waals surface area contributed by atoms with E-state index in [2.05, 4.69) is 15.5 Å². The third-order valence-electron chi connectivity index (χ3n) is 6.31. The normalized spacial score (nSPS) is 16.6. The van der Waals surface area contributed by atoms with E-state index < -0.39 is 11.7 Å². The molecule has 3 aromatic rings. The number of hydrogen-bond donors (Lipinski definition) is 0. The highest BCUT2D eigenvalue weighted by atomic mass is 19.1. The molecule has 0 aliphatic carbocycles. The van der Waals surface area contributed by atoms with Crippen LogP contribution in [0.15, 0.2) is 58.0 Å². The summed E-state index contributed by atoms with van der Waals surface area (Å²) >= 11 is 0. The highest BCUT2D eigenvalue weighted by Crippen LogP contribution is 2.51. The molecule has 9 nitrogen and oxygen atoms in total. The van der Waals surface area contributed by atoms with Crippen molar-refractivity contribution in [3.63, 3.8) is 0 Å². The molecule has 1 heterocycles. The van der Waals surface area contributed by atoms with Crippen LogP contribution in [0, 0.1) is 20.5 Å². The molecule has 180 valence electrons. The van der Waals surface area contributed by atoms with Gasteiger partial charge in [0, 0.05) is 23.0 Å². The van der Waals surface area contributed by atoms with Gasteiger partial charge in [-0.05, 0) is 63.4 Å². The summed E-state index contributed by atoms with van der Waals surface area (Å²) in [7, 11) is 2.83. The van der Waals surface area contributed by atoms with E-state index in [1.165, 1.54) is 26.4 Å². The largest absolute Gasteiger partial charge is 0.494 e. The van der Waals surface area contributed by atoms with Crippen LogP contribution < -0.4 is 14.2 Å². The molecule has 35 heavy (non-hydrogen) atoms. The molecular formula is C25H22FN3O6. The van der Waals surface area contributed by atoms with Gasteiger partial charge in [0.2, 0.25) is 0 Å². The van der Waals surface area contributed by atoms with Crippen molar-refractivity contribution < 1.29 is 18.6 Å².